The van der Waals surface area contributed by atoms with E-state index in [-0.39, 0.29) is 17.1 Å². The first-order chi connectivity index (χ1) is 13.5. The van der Waals surface area contributed by atoms with Crippen molar-refractivity contribution >= 4 is 27.2 Å². The highest BCUT2D eigenvalue weighted by Crippen LogP contribution is 2.40. The maximum Gasteiger partial charge on any atom is 0.315 e. The third-order valence-corrected chi connectivity index (χ3v) is 6.26. The molecule has 2 heterocycles. The van der Waals surface area contributed by atoms with Crippen molar-refractivity contribution in [2.24, 2.45) is 0 Å². The van der Waals surface area contributed by atoms with E-state index in [1.54, 1.807) is 0 Å². The van der Waals surface area contributed by atoms with Crippen molar-refractivity contribution in [1.82, 2.24) is 9.97 Å². The van der Waals surface area contributed by atoms with Crippen LogP contribution in [-0.2, 0) is 12.8 Å². The summed E-state index contributed by atoms with van der Waals surface area (Å²) in [6.45, 7) is 0. The predicted octanol–water partition coefficient (Wildman–Crippen LogP) is 3.93. The highest BCUT2D eigenvalue weighted by Gasteiger charge is 2.23. The topological polar surface area (TPSA) is 118 Å². The van der Waals surface area contributed by atoms with Crippen molar-refractivity contribution < 1.29 is 14.8 Å². The van der Waals surface area contributed by atoms with Gasteiger partial charge in [-0.25, -0.2) is 4.98 Å². The fourth-order valence-electron chi connectivity index (χ4n) is 3.68. The van der Waals surface area contributed by atoms with Crippen molar-refractivity contribution in [3.8, 4) is 22.9 Å². The van der Waals surface area contributed by atoms with Crippen LogP contribution in [0.4, 0.5) is 5.69 Å². The molecule has 0 fully saturated rings. The number of fused-ring (bicyclic) bond motifs is 3. The van der Waals surface area contributed by atoms with Crippen LogP contribution in [0, 0.1) is 10.1 Å². The van der Waals surface area contributed by atoms with E-state index in [1.165, 1.54) is 41.9 Å². The van der Waals surface area contributed by atoms with Gasteiger partial charge < -0.3 is 14.8 Å². The number of nitrogens with zero attached hydrogens (tertiary/aromatic N) is 2. The summed E-state index contributed by atoms with van der Waals surface area (Å²) in [7, 11) is 1.31. The molecule has 1 aliphatic rings. The number of hydrogen-bond donors (Lipinski definition) is 2. The van der Waals surface area contributed by atoms with Gasteiger partial charge >= 0.3 is 5.69 Å². The second-order valence-electron chi connectivity index (χ2n) is 6.82. The predicted molar refractivity (Wildman–Crippen MR) is 106 cm³/mol. The second-order valence-corrected chi connectivity index (χ2v) is 7.90. The molecule has 0 atom stereocenters. The molecule has 0 amide bonds. The summed E-state index contributed by atoms with van der Waals surface area (Å²) in [6.07, 6.45) is 6.34. The van der Waals surface area contributed by atoms with Crippen LogP contribution in [0.3, 0.4) is 0 Å². The lowest BCUT2D eigenvalue weighted by Crippen LogP contribution is -2.10. The zero-order chi connectivity index (χ0) is 19.8. The number of aromatic nitrogens is 2. The number of phenols is 1. The number of methoxy groups -OCH3 is 1. The summed E-state index contributed by atoms with van der Waals surface area (Å²) in [5, 5.41) is 21.8. The van der Waals surface area contributed by atoms with Gasteiger partial charge in [-0.1, -0.05) is 12.8 Å². The Morgan fingerprint density at radius 3 is 2.71 bits per heavy atom. The Morgan fingerprint density at radius 1 is 1.25 bits per heavy atom. The summed E-state index contributed by atoms with van der Waals surface area (Å²) in [4.78, 5) is 32.6. The Morgan fingerprint density at radius 2 is 2.00 bits per heavy atom. The molecule has 0 saturated carbocycles. The molecule has 0 bridgehead atoms. The van der Waals surface area contributed by atoms with E-state index >= 15 is 0 Å². The first kappa shape index (κ1) is 18.4. The van der Waals surface area contributed by atoms with E-state index in [9.17, 15) is 20.0 Å². The Balaban J connectivity index is 1.90. The number of aryl methyl sites for hydroxylation is 2. The number of rotatable bonds is 3. The zero-order valence-corrected chi connectivity index (χ0v) is 16.1. The molecule has 0 radical (unpaired) electrons. The molecule has 0 unspecified atom stereocenters. The molecular weight excluding hydrogens is 382 g/mol. The number of nitro groups is 1. The molecule has 28 heavy (non-hydrogen) atoms. The van der Waals surface area contributed by atoms with Gasteiger partial charge in [-0.3, -0.25) is 14.9 Å². The first-order valence-corrected chi connectivity index (χ1v) is 9.91. The SMILES string of the molecule is COc1cc(-c2nc3sc4c(c3c(=O)[nH]2)CCCCCC4)cc([N+](=O)[O-])c1O. The van der Waals surface area contributed by atoms with Crippen LogP contribution in [0.5, 0.6) is 11.5 Å². The maximum atomic E-state index is 12.8. The summed E-state index contributed by atoms with van der Waals surface area (Å²) in [5.41, 5.74) is 0.652. The summed E-state index contributed by atoms with van der Waals surface area (Å²) >= 11 is 1.52. The average Bonchev–Trinajstić information content (AvgIpc) is 2.98. The van der Waals surface area contributed by atoms with E-state index in [0.29, 0.717) is 15.8 Å². The maximum absolute atomic E-state index is 12.8. The van der Waals surface area contributed by atoms with Crippen LogP contribution in [0.25, 0.3) is 21.6 Å². The van der Waals surface area contributed by atoms with Gasteiger partial charge in [-0.05, 0) is 37.3 Å². The molecule has 0 aliphatic heterocycles. The minimum absolute atomic E-state index is 0.0506. The molecule has 9 heteroatoms. The van der Waals surface area contributed by atoms with Crippen LogP contribution in [0.15, 0.2) is 16.9 Å². The summed E-state index contributed by atoms with van der Waals surface area (Å²) < 4.78 is 5.04. The Labute approximate surface area is 164 Å². The van der Waals surface area contributed by atoms with Gasteiger partial charge in [-0.15, -0.1) is 11.3 Å². The number of aromatic amines is 1. The normalized spacial score (nSPS) is 14.3. The Bertz CT molecular complexity index is 1130. The van der Waals surface area contributed by atoms with Crippen molar-refractivity contribution in [1.29, 1.82) is 0 Å². The largest absolute Gasteiger partial charge is 0.500 e. The highest BCUT2D eigenvalue weighted by atomic mass is 32.1. The van der Waals surface area contributed by atoms with Crippen molar-refractivity contribution in [3.63, 3.8) is 0 Å². The lowest BCUT2D eigenvalue weighted by Gasteiger charge is -2.09. The molecular formula is C19H19N3O5S. The van der Waals surface area contributed by atoms with E-state index in [1.807, 2.05) is 0 Å². The number of aromatic hydroxyl groups is 1. The van der Waals surface area contributed by atoms with Gasteiger partial charge in [0.05, 0.1) is 17.4 Å². The molecule has 2 aromatic heterocycles. The van der Waals surface area contributed by atoms with Crippen LogP contribution < -0.4 is 10.3 Å². The van der Waals surface area contributed by atoms with E-state index in [0.717, 1.165) is 37.7 Å². The van der Waals surface area contributed by atoms with Crippen LogP contribution in [0.2, 0.25) is 0 Å². The monoisotopic (exact) mass is 401 g/mol. The van der Waals surface area contributed by atoms with Crippen LogP contribution >= 0.6 is 11.3 Å². The number of ether oxygens (including phenoxy) is 1. The minimum atomic E-state index is -0.700. The number of H-pyrrole nitrogens is 1. The lowest BCUT2D eigenvalue weighted by molar-refractivity contribution is -0.385. The molecule has 8 nitrogen and oxygen atoms in total. The molecule has 3 aromatic rings. The second kappa shape index (κ2) is 7.23. The van der Waals surface area contributed by atoms with Gasteiger partial charge in [-0.2, -0.15) is 0 Å². The van der Waals surface area contributed by atoms with Gasteiger partial charge in [0.2, 0.25) is 5.75 Å². The molecule has 0 spiro atoms. The summed E-state index contributed by atoms with van der Waals surface area (Å²) in [5.74, 6) is -0.391. The molecule has 4 rings (SSSR count). The third kappa shape index (κ3) is 3.11. The van der Waals surface area contributed by atoms with Crippen molar-refractivity contribution in [2.45, 2.75) is 38.5 Å². The number of benzene rings is 1. The number of phenolic OH excluding ortho intramolecular Hbond substituents is 1. The molecule has 146 valence electrons. The number of thiophene rings is 1. The quantitative estimate of drug-likeness (QED) is 0.507. The first-order valence-electron chi connectivity index (χ1n) is 9.10. The summed E-state index contributed by atoms with van der Waals surface area (Å²) in [6, 6.07) is 2.61. The molecule has 1 aliphatic carbocycles. The zero-order valence-electron chi connectivity index (χ0n) is 15.3. The number of nitro benzene ring substituents is 1. The van der Waals surface area contributed by atoms with Crippen LogP contribution in [0.1, 0.15) is 36.1 Å². The Kier molecular flexibility index (Phi) is 4.76. The number of nitrogens with one attached hydrogen (secondary N) is 1. The van der Waals surface area contributed by atoms with Crippen molar-refractivity contribution in [3.05, 3.63) is 43.0 Å². The standard InChI is InChI=1S/C19H19N3O5S/c1-27-13-9-10(8-12(16(13)23)22(25)26)17-20-18(24)15-11-6-4-2-3-5-7-14(11)28-19(15)21-17/h8-9,23H,2-7H2,1H3,(H,20,21,24). The molecule has 1 aromatic carbocycles. The van der Waals surface area contributed by atoms with E-state index in [4.69, 9.17) is 4.74 Å². The van der Waals surface area contributed by atoms with Gasteiger partial charge in [0.15, 0.2) is 5.75 Å². The van der Waals surface area contributed by atoms with Gasteiger partial charge in [0.1, 0.15) is 10.7 Å². The average molecular weight is 401 g/mol. The highest BCUT2D eigenvalue weighted by molar-refractivity contribution is 7.18. The third-order valence-electron chi connectivity index (χ3n) is 5.07. The lowest BCUT2D eigenvalue weighted by atomic mass is 9.98. The molecule has 0 saturated heterocycles. The number of hydrogen-bond acceptors (Lipinski definition) is 7. The fourth-order valence-corrected chi connectivity index (χ4v) is 4.94. The fraction of sp³-hybridized carbons (Fsp3) is 0.368. The van der Waals surface area contributed by atoms with Gasteiger partial charge in [0, 0.05) is 16.5 Å². The van der Waals surface area contributed by atoms with E-state index < -0.39 is 16.4 Å². The smallest absolute Gasteiger partial charge is 0.315 e. The van der Waals surface area contributed by atoms with Crippen LogP contribution in [-0.4, -0.2) is 27.1 Å². The van der Waals surface area contributed by atoms with Crippen molar-refractivity contribution in [2.75, 3.05) is 7.11 Å². The molecule has 2 N–H and O–H groups in total. The minimum Gasteiger partial charge on any atom is -0.500 e. The van der Waals surface area contributed by atoms with Gasteiger partial charge in [0.25, 0.3) is 5.56 Å². The van der Waals surface area contributed by atoms with E-state index in [2.05, 4.69) is 9.97 Å². The Hall–Kier alpha value is -2.94.